The van der Waals surface area contributed by atoms with Crippen LogP contribution in [0.1, 0.15) is 31.2 Å². The van der Waals surface area contributed by atoms with E-state index in [-0.39, 0.29) is 10.8 Å². The Hall–Kier alpha value is -1.56. The summed E-state index contributed by atoms with van der Waals surface area (Å²) in [6.45, 7) is 0.303. The zero-order valence-corrected chi connectivity index (χ0v) is 17.3. The molecular weight excluding hydrogens is 405 g/mol. The minimum Gasteiger partial charge on any atom is -0.340 e. The van der Waals surface area contributed by atoms with E-state index >= 15 is 0 Å². The average molecular weight is 426 g/mol. The van der Waals surface area contributed by atoms with Gasteiger partial charge in [0.05, 0.1) is 4.90 Å². The Morgan fingerprint density at radius 2 is 1.67 bits per heavy atom. The summed E-state index contributed by atoms with van der Waals surface area (Å²) in [5.41, 5.74) is 0.857. The van der Waals surface area contributed by atoms with Crippen LogP contribution in [0, 0.1) is 0 Å². The first-order valence-electron chi connectivity index (χ1n) is 8.76. The van der Waals surface area contributed by atoms with E-state index in [4.69, 9.17) is 23.2 Å². The van der Waals surface area contributed by atoms with E-state index in [0.29, 0.717) is 42.3 Å². The Labute approximate surface area is 170 Å². The SMILES string of the molecule is CN(Cc1cccc(Cl)c1)C(=O)C1(S(=O)(=O)c2ccc(Cl)cc2)CCCC1. The molecule has 144 valence electrons. The van der Waals surface area contributed by atoms with Gasteiger partial charge >= 0.3 is 0 Å². The van der Waals surface area contributed by atoms with Crippen molar-refractivity contribution in [3.8, 4) is 0 Å². The van der Waals surface area contributed by atoms with Gasteiger partial charge in [0.1, 0.15) is 0 Å². The highest BCUT2D eigenvalue weighted by Crippen LogP contribution is 2.42. The number of carbonyl (C=O) groups is 1. The molecule has 0 aromatic heterocycles. The van der Waals surface area contributed by atoms with E-state index in [0.717, 1.165) is 5.56 Å². The molecule has 0 spiro atoms. The quantitative estimate of drug-likeness (QED) is 0.694. The molecule has 4 nitrogen and oxygen atoms in total. The van der Waals surface area contributed by atoms with Gasteiger partial charge in [-0.2, -0.15) is 0 Å². The van der Waals surface area contributed by atoms with Gasteiger partial charge in [0.2, 0.25) is 5.91 Å². The second kappa shape index (κ2) is 7.82. The van der Waals surface area contributed by atoms with Crippen molar-refractivity contribution in [2.45, 2.75) is 41.9 Å². The second-order valence-corrected chi connectivity index (χ2v) is 10.1. The molecule has 0 aliphatic heterocycles. The Morgan fingerprint density at radius 1 is 1.04 bits per heavy atom. The van der Waals surface area contributed by atoms with Crippen LogP contribution in [-0.4, -0.2) is 31.0 Å². The molecule has 0 bridgehead atoms. The highest BCUT2D eigenvalue weighted by molar-refractivity contribution is 7.93. The summed E-state index contributed by atoms with van der Waals surface area (Å²) in [6, 6.07) is 13.2. The molecule has 1 aliphatic rings. The molecule has 0 radical (unpaired) electrons. The fourth-order valence-electron chi connectivity index (χ4n) is 3.71. The molecule has 0 unspecified atom stereocenters. The molecule has 0 heterocycles. The number of halogens is 2. The largest absolute Gasteiger partial charge is 0.340 e. The van der Waals surface area contributed by atoms with Crippen molar-refractivity contribution in [2.75, 3.05) is 7.05 Å². The molecule has 1 fully saturated rings. The van der Waals surface area contributed by atoms with E-state index < -0.39 is 14.6 Å². The van der Waals surface area contributed by atoms with Crippen LogP contribution in [0.3, 0.4) is 0 Å². The minimum atomic E-state index is -3.84. The zero-order chi connectivity index (χ0) is 19.7. The highest BCUT2D eigenvalue weighted by atomic mass is 35.5. The Bertz CT molecular complexity index is 936. The van der Waals surface area contributed by atoms with Crippen LogP contribution in [0.15, 0.2) is 53.4 Å². The van der Waals surface area contributed by atoms with Crippen molar-refractivity contribution in [2.24, 2.45) is 0 Å². The maximum Gasteiger partial charge on any atom is 0.244 e. The molecule has 1 aliphatic carbocycles. The van der Waals surface area contributed by atoms with E-state index in [2.05, 4.69) is 0 Å². The van der Waals surface area contributed by atoms with Crippen LogP contribution in [0.5, 0.6) is 0 Å². The molecule has 0 N–H and O–H groups in total. The Morgan fingerprint density at radius 3 is 2.26 bits per heavy atom. The van der Waals surface area contributed by atoms with Crippen LogP contribution in [0.2, 0.25) is 10.0 Å². The topological polar surface area (TPSA) is 54.5 Å². The molecule has 2 aromatic rings. The van der Waals surface area contributed by atoms with Crippen molar-refractivity contribution >= 4 is 38.9 Å². The third-order valence-corrected chi connectivity index (χ3v) is 8.09. The first-order chi connectivity index (χ1) is 12.8. The average Bonchev–Trinajstić information content (AvgIpc) is 3.13. The molecule has 0 atom stereocenters. The summed E-state index contributed by atoms with van der Waals surface area (Å²) in [4.78, 5) is 15.0. The number of rotatable bonds is 5. The van der Waals surface area contributed by atoms with E-state index in [1.807, 2.05) is 12.1 Å². The number of nitrogens with zero attached hydrogens (tertiary/aromatic N) is 1. The van der Waals surface area contributed by atoms with Crippen LogP contribution < -0.4 is 0 Å². The van der Waals surface area contributed by atoms with Gasteiger partial charge < -0.3 is 4.90 Å². The second-order valence-electron chi connectivity index (χ2n) is 6.95. The lowest BCUT2D eigenvalue weighted by atomic mass is 10.1. The number of sulfone groups is 1. The van der Waals surface area contributed by atoms with Crippen LogP contribution in [-0.2, 0) is 21.2 Å². The van der Waals surface area contributed by atoms with Crippen LogP contribution >= 0.6 is 23.2 Å². The maximum absolute atomic E-state index is 13.4. The van der Waals surface area contributed by atoms with Crippen molar-refractivity contribution in [1.29, 1.82) is 0 Å². The Kier molecular flexibility index (Phi) is 5.84. The van der Waals surface area contributed by atoms with Crippen LogP contribution in [0.25, 0.3) is 0 Å². The smallest absolute Gasteiger partial charge is 0.244 e. The third kappa shape index (κ3) is 3.86. The first kappa shape index (κ1) is 20.2. The summed E-state index contributed by atoms with van der Waals surface area (Å²) >= 11 is 11.9. The number of amides is 1. The van der Waals surface area contributed by atoms with E-state index in [1.54, 1.807) is 19.2 Å². The Balaban J connectivity index is 1.93. The fraction of sp³-hybridized carbons (Fsp3) is 0.350. The molecule has 3 rings (SSSR count). The van der Waals surface area contributed by atoms with E-state index in [1.165, 1.54) is 29.2 Å². The fourth-order valence-corrected chi connectivity index (χ4v) is 6.21. The van der Waals surface area contributed by atoms with E-state index in [9.17, 15) is 13.2 Å². The highest BCUT2D eigenvalue weighted by Gasteiger charge is 2.53. The van der Waals surface area contributed by atoms with Crippen molar-refractivity contribution in [3.05, 3.63) is 64.1 Å². The van der Waals surface area contributed by atoms with Gasteiger partial charge in [-0.3, -0.25) is 4.79 Å². The standard InChI is InChI=1S/C20H21Cl2NO3S/c1-23(14-15-5-4-6-17(22)13-15)19(24)20(11-2-3-12-20)27(25,26)18-9-7-16(21)8-10-18/h4-10,13H,2-3,11-12,14H2,1H3. The molecule has 7 heteroatoms. The molecule has 27 heavy (non-hydrogen) atoms. The number of carbonyl (C=O) groups excluding carboxylic acids is 1. The molecular formula is C20H21Cl2NO3S. The van der Waals surface area contributed by atoms with Crippen molar-refractivity contribution in [1.82, 2.24) is 4.90 Å². The van der Waals surface area contributed by atoms with Gasteiger partial charge in [0.25, 0.3) is 0 Å². The van der Waals surface area contributed by atoms with Gasteiger partial charge in [-0.25, -0.2) is 8.42 Å². The third-order valence-electron chi connectivity index (χ3n) is 5.09. The summed E-state index contributed by atoms with van der Waals surface area (Å²) < 4.78 is 25.4. The monoisotopic (exact) mass is 425 g/mol. The minimum absolute atomic E-state index is 0.137. The summed E-state index contributed by atoms with van der Waals surface area (Å²) in [6.07, 6.45) is 2.08. The lowest BCUT2D eigenvalue weighted by molar-refractivity contribution is -0.133. The molecule has 2 aromatic carbocycles. The van der Waals surface area contributed by atoms with Gasteiger partial charge in [-0.1, -0.05) is 48.2 Å². The lowest BCUT2D eigenvalue weighted by Crippen LogP contribution is -2.50. The first-order valence-corrected chi connectivity index (χ1v) is 11.0. The number of hydrogen-bond donors (Lipinski definition) is 0. The normalized spacial score (nSPS) is 16.3. The van der Waals surface area contributed by atoms with Gasteiger partial charge in [0.15, 0.2) is 14.6 Å². The van der Waals surface area contributed by atoms with Gasteiger partial charge in [-0.15, -0.1) is 0 Å². The van der Waals surface area contributed by atoms with Crippen LogP contribution in [0.4, 0.5) is 0 Å². The summed E-state index contributed by atoms with van der Waals surface area (Å²) in [5, 5.41) is 1.04. The number of hydrogen-bond acceptors (Lipinski definition) is 3. The van der Waals surface area contributed by atoms with Gasteiger partial charge in [0, 0.05) is 23.6 Å². The molecule has 1 saturated carbocycles. The lowest BCUT2D eigenvalue weighted by Gasteiger charge is -2.32. The predicted octanol–water partition coefficient (Wildman–Crippen LogP) is 4.74. The maximum atomic E-state index is 13.4. The molecule has 0 saturated heterocycles. The van der Waals surface area contributed by atoms with Crippen molar-refractivity contribution in [3.63, 3.8) is 0 Å². The summed E-state index contributed by atoms with van der Waals surface area (Å²) in [7, 11) is -2.20. The molecule has 1 amide bonds. The summed E-state index contributed by atoms with van der Waals surface area (Å²) in [5.74, 6) is -0.366. The van der Waals surface area contributed by atoms with Gasteiger partial charge in [-0.05, 0) is 54.8 Å². The predicted molar refractivity (Wildman–Crippen MR) is 108 cm³/mol. The number of benzene rings is 2. The zero-order valence-electron chi connectivity index (χ0n) is 15.0. The van der Waals surface area contributed by atoms with Crippen molar-refractivity contribution < 1.29 is 13.2 Å².